The summed E-state index contributed by atoms with van der Waals surface area (Å²) in [6.07, 6.45) is 0.216. The maximum absolute atomic E-state index is 12.3. The molecule has 1 aromatic carbocycles. The van der Waals surface area contributed by atoms with Gasteiger partial charge >= 0.3 is 6.09 Å². The number of hydrogen-bond acceptors (Lipinski definition) is 5. The summed E-state index contributed by atoms with van der Waals surface area (Å²) in [7, 11) is -3.76. The Hall–Kier alpha value is -2.13. The Morgan fingerprint density at radius 2 is 1.96 bits per heavy atom. The van der Waals surface area contributed by atoms with Gasteiger partial charge in [0.1, 0.15) is 10.9 Å². The van der Waals surface area contributed by atoms with Gasteiger partial charge in [0, 0.05) is 31.7 Å². The minimum Gasteiger partial charge on any atom is -0.444 e. The highest BCUT2D eigenvalue weighted by Gasteiger charge is 2.37. The van der Waals surface area contributed by atoms with E-state index >= 15 is 0 Å². The summed E-state index contributed by atoms with van der Waals surface area (Å²) in [6, 6.07) is 5.58. The zero-order chi connectivity index (χ0) is 20.0. The highest BCUT2D eigenvalue weighted by molar-refractivity contribution is 7.89. The molecule has 2 amide bonds. The van der Waals surface area contributed by atoms with Gasteiger partial charge in [0.25, 0.3) is 0 Å². The first-order valence-corrected chi connectivity index (χ1v) is 10.5. The van der Waals surface area contributed by atoms with Crippen molar-refractivity contribution in [2.45, 2.75) is 51.0 Å². The smallest absolute Gasteiger partial charge is 0.410 e. The van der Waals surface area contributed by atoms with E-state index in [-0.39, 0.29) is 25.0 Å². The number of anilines is 1. The molecule has 1 fully saturated rings. The lowest BCUT2D eigenvalue weighted by Crippen LogP contribution is -2.40. The minimum atomic E-state index is -3.76. The van der Waals surface area contributed by atoms with Gasteiger partial charge in [0.2, 0.25) is 15.9 Å². The summed E-state index contributed by atoms with van der Waals surface area (Å²) in [5.74, 6) is -0.270. The fourth-order valence-electron chi connectivity index (χ4n) is 3.34. The van der Waals surface area contributed by atoms with Crippen LogP contribution in [-0.2, 0) is 32.5 Å². The van der Waals surface area contributed by atoms with Crippen LogP contribution in [-0.4, -0.2) is 49.3 Å². The van der Waals surface area contributed by atoms with Crippen molar-refractivity contribution in [3.05, 3.63) is 29.3 Å². The number of carbonyl (C=O) groups is 2. The van der Waals surface area contributed by atoms with E-state index in [1.807, 2.05) is 39.0 Å². The quantitative estimate of drug-likeness (QED) is 0.813. The molecule has 2 N–H and O–H groups in total. The normalized spacial score (nSPS) is 20.6. The van der Waals surface area contributed by atoms with E-state index in [1.54, 1.807) is 4.90 Å². The highest BCUT2D eigenvalue weighted by atomic mass is 32.2. The average Bonchev–Trinajstić information content (AvgIpc) is 2.94. The van der Waals surface area contributed by atoms with E-state index in [2.05, 4.69) is 0 Å². The molecule has 0 aliphatic carbocycles. The molecular weight excluding hydrogens is 370 g/mol. The van der Waals surface area contributed by atoms with Crippen molar-refractivity contribution in [3.63, 3.8) is 0 Å². The Morgan fingerprint density at radius 3 is 2.56 bits per heavy atom. The predicted octanol–water partition coefficient (Wildman–Crippen LogP) is 1.37. The summed E-state index contributed by atoms with van der Waals surface area (Å²) in [4.78, 5) is 27.7. The van der Waals surface area contributed by atoms with Crippen molar-refractivity contribution >= 4 is 27.7 Å². The number of sulfonamides is 1. The van der Waals surface area contributed by atoms with Crippen molar-refractivity contribution < 1.29 is 22.7 Å². The summed E-state index contributed by atoms with van der Waals surface area (Å²) < 4.78 is 28.6. The Balaban J connectivity index is 1.78. The van der Waals surface area contributed by atoms with Crippen LogP contribution in [0, 0.1) is 0 Å². The van der Waals surface area contributed by atoms with Crippen LogP contribution in [0.3, 0.4) is 0 Å². The molecule has 1 unspecified atom stereocenters. The van der Waals surface area contributed by atoms with Crippen LogP contribution in [0.2, 0.25) is 0 Å². The molecule has 0 saturated carbocycles. The van der Waals surface area contributed by atoms with Gasteiger partial charge in [-0.3, -0.25) is 4.79 Å². The van der Waals surface area contributed by atoms with Crippen LogP contribution in [0.25, 0.3) is 0 Å². The third kappa shape index (κ3) is 4.41. The van der Waals surface area contributed by atoms with Gasteiger partial charge < -0.3 is 14.5 Å². The molecule has 0 aromatic heterocycles. The molecule has 2 aliphatic rings. The molecule has 9 heteroatoms. The number of nitrogens with zero attached hydrogens (tertiary/aromatic N) is 2. The van der Waals surface area contributed by atoms with Gasteiger partial charge in [-0.15, -0.1) is 0 Å². The SMILES string of the molecule is CC(C)(C)OC(=O)N1CCc2ccc(N3CC(S(N)(=O)=O)CC3=O)cc2C1. The van der Waals surface area contributed by atoms with E-state index in [0.29, 0.717) is 25.2 Å². The van der Waals surface area contributed by atoms with Crippen molar-refractivity contribution in [1.82, 2.24) is 4.90 Å². The Morgan fingerprint density at radius 1 is 1.26 bits per heavy atom. The fraction of sp³-hybridized carbons (Fsp3) is 0.556. The molecule has 8 nitrogen and oxygen atoms in total. The molecule has 1 atom stereocenters. The third-order valence-corrected chi connectivity index (χ3v) is 5.96. The lowest BCUT2D eigenvalue weighted by Gasteiger charge is -2.32. The molecule has 0 spiro atoms. The van der Waals surface area contributed by atoms with Crippen LogP contribution in [0.15, 0.2) is 18.2 Å². The van der Waals surface area contributed by atoms with Crippen LogP contribution < -0.4 is 10.0 Å². The lowest BCUT2D eigenvalue weighted by atomic mass is 9.99. The van der Waals surface area contributed by atoms with Gasteiger partial charge in [-0.25, -0.2) is 18.4 Å². The van der Waals surface area contributed by atoms with Gasteiger partial charge in [-0.2, -0.15) is 0 Å². The highest BCUT2D eigenvalue weighted by Crippen LogP contribution is 2.29. The molecule has 3 rings (SSSR count). The Bertz CT molecular complexity index is 875. The van der Waals surface area contributed by atoms with Crippen LogP contribution in [0.4, 0.5) is 10.5 Å². The monoisotopic (exact) mass is 395 g/mol. The van der Waals surface area contributed by atoms with Crippen LogP contribution >= 0.6 is 0 Å². The number of hydrogen-bond donors (Lipinski definition) is 1. The second kappa shape index (κ2) is 6.79. The Kier molecular flexibility index (Phi) is 4.94. The minimum absolute atomic E-state index is 0.0479. The number of ether oxygens (including phenoxy) is 1. The molecule has 1 saturated heterocycles. The van der Waals surface area contributed by atoms with Crippen LogP contribution in [0.1, 0.15) is 38.3 Å². The topological polar surface area (TPSA) is 110 Å². The third-order valence-electron chi connectivity index (χ3n) is 4.72. The molecule has 1 aromatic rings. The van der Waals surface area contributed by atoms with Gasteiger partial charge in [-0.1, -0.05) is 6.07 Å². The second-order valence-corrected chi connectivity index (χ2v) is 9.87. The molecule has 2 aliphatic heterocycles. The van der Waals surface area contributed by atoms with Gasteiger partial charge in [0.05, 0.1) is 0 Å². The summed E-state index contributed by atoms with van der Waals surface area (Å²) in [5, 5.41) is 4.30. The maximum Gasteiger partial charge on any atom is 0.410 e. The van der Waals surface area contributed by atoms with Gasteiger partial charge in [-0.05, 0) is 50.5 Å². The first kappa shape index (κ1) is 19.6. The molecule has 148 valence electrons. The van der Waals surface area contributed by atoms with Crippen molar-refractivity contribution in [3.8, 4) is 0 Å². The number of carbonyl (C=O) groups excluding carboxylic acids is 2. The predicted molar refractivity (Wildman–Crippen MR) is 101 cm³/mol. The maximum atomic E-state index is 12.3. The van der Waals surface area contributed by atoms with Crippen LogP contribution in [0.5, 0.6) is 0 Å². The number of rotatable bonds is 2. The molecule has 0 bridgehead atoms. The zero-order valence-corrected chi connectivity index (χ0v) is 16.6. The molecule has 2 heterocycles. The first-order chi connectivity index (χ1) is 12.4. The average molecular weight is 395 g/mol. The number of benzene rings is 1. The number of amides is 2. The summed E-state index contributed by atoms with van der Waals surface area (Å²) >= 11 is 0. The second-order valence-electron chi connectivity index (χ2n) is 8.02. The number of nitrogens with two attached hydrogens (primary N) is 1. The number of fused-ring (bicyclic) bond motifs is 1. The van der Waals surface area contributed by atoms with Gasteiger partial charge in [0.15, 0.2) is 0 Å². The largest absolute Gasteiger partial charge is 0.444 e. The Labute approximate surface area is 159 Å². The van der Waals surface area contributed by atoms with E-state index in [9.17, 15) is 18.0 Å². The first-order valence-electron chi connectivity index (χ1n) is 8.86. The lowest BCUT2D eigenvalue weighted by molar-refractivity contribution is -0.117. The number of primary sulfonamides is 1. The van der Waals surface area contributed by atoms with Crippen molar-refractivity contribution in [2.24, 2.45) is 5.14 Å². The molecule has 0 radical (unpaired) electrons. The fourth-order valence-corrected chi connectivity index (χ4v) is 4.07. The van der Waals surface area contributed by atoms with Crippen molar-refractivity contribution in [2.75, 3.05) is 18.0 Å². The summed E-state index contributed by atoms with van der Waals surface area (Å²) in [5.41, 5.74) is 2.09. The van der Waals surface area contributed by atoms with Crippen molar-refractivity contribution in [1.29, 1.82) is 0 Å². The standard InChI is InChI=1S/C18H25N3O5S/c1-18(2,3)26-17(23)20-7-6-12-4-5-14(8-13(12)10-20)21-11-15(9-16(21)22)27(19,24)25/h4-5,8,15H,6-7,9-11H2,1-3H3,(H2,19,24,25). The van der Waals surface area contributed by atoms with E-state index in [1.165, 1.54) is 4.90 Å². The van der Waals surface area contributed by atoms with E-state index in [4.69, 9.17) is 9.88 Å². The molecular formula is C18H25N3O5S. The zero-order valence-electron chi connectivity index (χ0n) is 15.8. The summed E-state index contributed by atoms with van der Waals surface area (Å²) in [6.45, 7) is 6.47. The van der Waals surface area contributed by atoms with E-state index in [0.717, 1.165) is 11.1 Å². The van der Waals surface area contributed by atoms with E-state index < -0.39 is 20.9 Å². The molecule has 27 heavy (non-hydrogen) atoms.